The maximum atomic E-state index is 13.0. The van der Waals surface area contributed by atoms with E-state index in [4.69, 9.17) is 0 Å². The summed E-state index contributed by atoms with van der Waals surface area (Å²) in [4.78, 5) is 25.7. The van der Waals surface area contributed by atoms with E-state index in [0.717, 1.165) is 40.8 Å². The van der Waals surface area contributed by atoms with Gasteiger partial charge in [0, 0.05) is 17.0 Å². The molecule has 0 spiro atoms. The molecular weight excluding hydrogens is 364 g/mol. The summed E-state index contributed by atoms with van der Waals surface area (Å²) in [7, 11) is 0. The van der Waals surface area contributed by atoms with Gasteiger partial charge in [-0.1, -0.05) is 54.6 Å². The van der Waals surface area contributed by atoms with Crippen LogP contribution in [0.5, 0.6) is 0 Å². The molecule has 1 aromatic heterocycles. The number of hydrogen-bond acceptors (Lipinski definition) is 3. The van der Waals surface area contributed by atoms with E-state index in [9.17, 15) is 9.59 Å². The van der Waals surface area contributed by atoms with Crippen LogP contribution in [0.1, 0.15) is 24.6 Å². The van der Waals surface area contributed by atoms with Crippen molar-refractivity contribution in [3.63, 3.8) is 0 Å². The molecule has 0 bridgehead atoms. The second-order valence-electron chi connectivity index (χ2n) is 7.32. The van der Waals surface area contributed by atoms with Gasteiger partial charge in [-0.05, 0) is 36.4 Å². The second-order valence-corrected chi connectivity index (χ2v) is 7.32. The van der Waals surface area contributed by atoms with Crippen LogP contribution in [0, 0.1) is 0 Å². The van der Waals surface area contributed by atoms with Crippen LogP contribution < -0.4 is 11.0 Å². The molecule has 1 amide bonds. The summed E-state index contributed by atoms with van der Waals surface area (Å²) < 4.78 is 2.89. The molecular formula is C23H20N4O2. The number of carbonyl (C=O) groups is 1. The first-order valence-corrected chi connectivity index (χ1v) is 9.73. The van der Waals surface area contributed by atoms with E-state index >= 15 is 0 Å². The number of nitrogens with zero attached hydrogens (tertiary/aromatic N) is 3. The highest BCUT2D eigenvalue weighted by molar-refractivity contribution is 6.01. The Labute approximate surface area is 167 Å². The highest BCUT2D eigenvalue weighted by Gasteiger charge is 2.31. The summed E-state index contributed by atoms with van der Waals surface area (Å²) in [6.45, 7) is -0.123. The molecule has 1 aliphatic rings. The van der Waals surface area contributed by atoms with E-state index in [2.05, 4.69) is 10.4 Å². The molecule has 3 aromatic carbocycles. The average Bonchev–Trinajstić information content (AvgIpc) is 3.54. The third-order valence-corrected chi connectivity index (χ3v) is 5.18. The maximum absolute atomic E-state index is 13.0. The Morgan fingerprint density at radius 1 is 0.966 bits per heavy atom. The lowest BCUT2D eigenvalue weighted by atomic mass is 10.1. The predicted octanol–water partition coefficient (Wildman–Crippen LogP) is 3.70. The van der Waals surface area contributed by atoms with Crippen molar-refractivity contribution in [2.24, 2.45) is 0 Å². The Kier molecular flexibility index (Phi) is 4.24. The van der Waals surface area contributed by atoms with Crippen LogP contribution in [0.4, 0.5) is 5.69 Å². The topological polar surface area (TPSA) is 68.9 Å². The third-order valence-electron chi connectivity index (χ3n) is 5.18. The van der Waals surface area contributed by atoms with E-state index in [-0.39, 0.29) is 24.1 Å². The van der Waals surface area contributed by atoms with Crippen LogP contribution in [0.15, 0.2) is 77.6 Å². The average molecular weight is 384 g/mol. The van der Waals surface area contributed by atoms with Crippen LogP contribution in [0.25, 0.3) is 16.5 Å². The zero-order valence-corrected chi connectivity index (χ0v) is 15.8. The van der Waals surface area contributed by atoms with Gasteiger partial charge in [0.25, 0.3) is 0 Å². The normalized spacial score (nSPS) is 13.5. The number of rotatable bonds is 5. The van der Waals surface area contributed by atoms with Crippen molar-refractivity contribution in [3.05, 3.63) is 89.1 Å². The van der Waals surface area contributed by atoms with Crippen molar-refractivity contribution in [1.29, 1.82) is 0 Å². The van der Waals surface area contributed by atoms with Gasteiger partial charge < -0.3 is 5.32 Å². The summed E-state index contributed by atoms with van der Waals surface area (Å²) in [5, 5.41) is 9.43. The van der Waals surface area contributed by atoms with Gasteiger partial charge in [0.15, 0.2) is 0 Å². The Morgan fingerprint density at radius 2 is 1.69 bits per heavy atom. The molecule has 0 saturated heterocycles. The van der Waals surface area contributed by atoms with Gasteiger partial charge in [-0.25, -0.2) is 14.0 Å². The predicted molar refractivity (Wildman–Crippen MR) is 112 cm³/mol. The fourth-order valence-electron chi connectivity index (χ4n) is 3.61. The van der Waals surface area contributed by atoms with Gasteiger partial charge in [0.2, 0.25) is 5.91 Å². The smallest absolute Gasteiger partial charge is 0.324 e. The van der Waals surface area contributed by atoms with Crippen LogP contribution >= 0.6 is 0 Å². The van der Waals surface area contributed by atoms with Gasteiger partial charge in [-0.2, -0.15) is 5.10 Å². The maximum Gasteiger partial charge on any atom is 0.351 e. The molecule has 0 atom stereocenters. The van der Waals surface area contributed by atoms with E-state index in [1.165, 1.54) is 4.68 Å². The molecule has 0 unspecified atom stereocenters. The van der Waals surface area contributed by atoms with Crippen molar-refractivity contribution in [2.45, 2.75) is 25.3 Å². The number of anilines is 1. The number of benzene rings is 3. The monoisotopic (exact) mass is 384 g/mol. The van der Waals surface area contributed by atoms with Crippen molar-refractivity contribution in [1.82, 2.24) is 14.3 Å². The quantitative estimate of drug-likeness (QED) is 0.570. The second kappa shape index (κ2) is 7.05. The van der Waals surface area contributed by atoms with E-state index in [1.807, 2.05) is 72.8 Å². The van der Waals surface area contributed by atoms with Gasteiger partial charge in [-0.15, -0.1) is 0 Å². The number of aromatic nitrogens is 3. The Morgan fingerprint density at radius 3 is 2.48 bits per heavy atom. The van der Waals surface area contributed by atoms with E-state index in [0.29, 0.717) is 0 Å². The molecule has 1 saturated carbocycles. The highest BCUT2D eigenvalue weighted by atomic mass is 16.2. The molecule has 4 aromatic rings. The number of amides is 1. The third kappa shape index (κ3) is 3.33. The highest BCUT2D eigenvalue weighted by Crippen LogP contribution is 2.39. The lowest BCUT2D eigenvalue weighted by molar-refractivity contribution is -0.117. The Bertz CT molecular complexity index is 1250. The standard InChI is InChI=1S/C23H20N4O2/c28-21(24-20-12-6-8-16-7-4-5-11-19(16)20)15-26-23(29)27(18-9-2-1-3-10-18)22(25-26)17-13-14-17/h1-12,17H,13-15H2,(H,24,28). The fourth-order valence-corrected chi connectivity index (χ4v) is 3.61. The molecule has 0 aliphatic heterocycles. The summed E-state index contributed by atoms with van der Waals surface area (Å²) >= 11 is 0. The number of para-hydroxylation sites is 1. The first-order chi connectivity index (χ1) is 14.2. The van der Waals surface area contributed by atoms with E-state index < -0.39 is 0 Å². The van der Waals surface area contributed by atoms with Crippen molar-refractivity contribution in [3.8, 4) is 5.69 Å². The molecule has 29 heavy (non-hydrogen) atoms. The fraction of sp³-hybridized carbons (Fsp3) is 0.174. The number of hydrogen-bond donors (Lipinski definition) is 1. The summed E-state index contributed by atoms with van der Waals surface area (Å²) in [6.07, 6.45) is 2.04. The minimum Gasteiger partial charge on any atom is -0.324 e. The van der Waals surface area contributed by atoms with Crippen LogP contribution in [-0.2, 0) is 11.3 Å². The summed E-state index contributed by atoms with van der Waals surface area (Å²) in [5.41, 5.74) is 1.22. The summed E-state index contributed by atoms with van der Waals surface area (Å²) in [5.74, 6) is 0.743. The minimum atomic E-state index is -0.286. The molecule has 1 aliphatic carbocycles. The SMILES string of the molecule is O=C(Cn1nc(C2CC2)n(-c2ccccc2)c1=O)Nc1cccc2ccccc12. The van der Waals surface area contributed by atoms with E-state index in [1.54, 1.807) is 4.57 Å². The molecule has 1 heterocycles. The van der Waals surface area contributed by atoms with Crippen LogP contribution in [0.3, 0.4) is 0 Å². The van der Waals surface area contributed by atoms with Gasteiger partial charge in [0.05, 0.1) is 5.69 Å². The van der Waals surface area contributed by atoms with Crippen molar-refractivity contribution in [2.75, 3.05) is 5.32 Å². The first-order valence-electron chi connectivity index (χ1n) is 9.73. The number of nitrogens with one attached hydrogen (secondary N) is 1. The molecule has 6 heteroatoms. The van der Waals surface area contributed by atoms with Crippen molar-refractivity contribution >= 4 is 22.4 Å². The zero-order chi connectivity index (χ0) is 19.8. The van der Waals surface area contributed by atoms with Crippen LogP contribution in [-0.4, -0.2) is 20.3 Å². The number of carbonyl (C=O) groups excluding carboxylic acids is 1. The Balaban J connectivity index is 1.45. The number of fused-ring (bicyclic) bond motifs is 1. The molecule has 1 N–H and O–H groups in total. The van der Waals surface area contributed by atoms with Crippen molar-refractivity contribution < 1.29 is 4.79 Å². The first kappa shape index (κ1) is 17.4. The summed E-state index contributed by atoms with van der Waals surface area (Å²) in [6, 6.07) is 23.1. The van der Waals surface area contributed by atoms with Gasteiger partial charge in [0.1, 0.15) is 12.4 Å². The Hall–Kier alpha value is -3.67. The van der Waals surface area contributed by atoms with Gasteiger partial charge >= 0.3 is 5.69 Å². The molecule has 1 fully saturated rings. The lowest BCUT2D eigenvalue weighted by Crippen LogP contribution is -2.29. The minimum absolute atomic E-state index is 0.123. The lowest BCUT2D eigenvalue weighted by Gasteiger charge is -2.08. The largest absolute Gasteiger partial charge is 0.351 e. The molecule has 0 radical (unpaired) electrons. The molecule has 6 nitrogen and oxygen atoms in total. The van der Waals surface area contributed by atoms with Gasteiger partial charge in [-0.3, -0.25) is 4.79 Å². The molecule has 144 valence electrons. The zero-order valence-electron chi connectivity index (χ0n) is 15.8. The molecule has 5 rings (SSSR count). The van der Waals surface area contributed by atoms with Crippen LogP contribution in [0.2, 0.25) is 0 Å².